The Morgan fingerprint density at radius 2 is 2.21 bits per heavy atom. The predicted octanol–water partition coefficient (Wildman–Crippen LogP) is 2.01. The molecule has 1 amide bonds. The van der Waals surface area contributed by atoms with Gasteiger partial charge in [-0.25, -0.2) is 0 Å². The molecule has 0 bridgehead atoms. The van der Waals surface area contributed by atoms with Crippen molar-refractivity contribution >= 4 is 17.5 Å². The first-order valence-electron chi connectivity index (χ1n) is 4.26. The number of nitrogens with two attached hydrogens (primary N) is 1. The SMILES string of the molecule is CCc1cc(Cl)c(C(N)=O)cc1OC. The molecule has 0 atom stereocenters. The summed E-state index contributed by atoms with van der Waals surface area (Å²) in [6, 6.07) is 3.28. The summed E-state index contributed by atoms with van der Waals surface area (Å²) in [6.45, 7) is 1.98. The van der Waals surface area contributed by atoms with E-state index in [2.05, 4.69) is 0 Å². The second kappa shape index (κ2) is 4.33. The first kappa shape index (κ1) is 10.9. The summed E-state index contributed by atoms with van der Waals surface area (Å²) < 4.78 is 5.12. The lowest BCUT2D eigenvalue weighted by Gasteiger charge is -2.09. The molecule has 0 aliphatic carbocycles. The Hall–Kier alpha value is -1.22. The molecule has 14 heavy (non-hydrogen) atoms. The molecular weight excluding hydrogens is 202 g/mol. The van der Waals surface area contributed by atoms with E-state index in [1.807, 2.05) is 6.92 Å². The molecule has 1 aromatic carbocycles. The third-order valence-electron chi connectivity index (χ3n) is 2.02. The Balaban J connectivity index is 3.30. The van der Waals surface area contributed by atoms with Gasteiger partial charge in [-0.15, -0.1) is 0 Å². The van der Waals surface area contributed by atoms with Crippen molar-refractivity contribution in [3.05, 3.63) is 28.3 Å². The molecule has 0 spiro atoms. The first-order valence-corrected chi connectivity index (χ1v) is 4.64. The van der Waals surface area contributed by atoms with E-state index in [1.54, 1.807) is 19.2 Å². The fraction of sp³-hybridized carbons (Fsp3) is 0.300. The minimum atomic E-state index is -0.545. The minimum Gasteiger partial charge on any atom is -0.496 e. The number of carbonyl (C=O) groups is 1. The van der Waals surface area contributed by atoms with Gasteiger partial charge in [-0.05, 0) is 24.1 Å². The van der Waals surface area contributed by atoms with Crippen LogP contribution in [0.1, 0.15) is 22.8 Å². The molecule has 0 aromatic heterocycles. The fourth-order valence-electron chi connectivity index (χ4n) is 1.25. The fourth-order valence-corrected chi connectivity index (χ4v) is 1.53. The van der Waals surface area contributed by atoms with Crippen LogP contribution in [-0.2, 0) is 6.42 Å². The van der Waals surface area contributed by atoms with Crippen LogP contribution in [-0.4, -0.2) is 13.0 Å². The monoisotopic (exact) mass is 213 g/mol. The molecule has 0 unspecified atom stereocenters. The normalized spacial score (nSPS) is 9.93. The van der Waals surface area contributed by atoms with E-state index < -0.39 is 5.91 Å². The lowest BCUT2D eigenvalue weighted by molar-refractivity contribution is 0.1000. The van der Waals surface area contributed by atoms with Crippen LogP contribution < -0.4 is 10.5 Å². The molecule has 0 saturated carbocycles. The summed E-state index contributed by atoms with van der Waals surface area (Å²) in [7, 11) is 1.55. The Kier molecular flexibility index (Phi) is 3.36. The Morgan fingerprint density at radius 1 is 1.57 bits per heavy atom. The molecule has 3 nitrogen and oxygen atoms in total. The quantitative estimate of drug-likeness (QED) is 0.835. The largest absolute Gasteiger partial charge is 0.496 e. The zero-order valence-electron chi connectivity index (χ0n) is 8.13. The van der Waals surface area contributed by atoms with Gasteiger partial charge in [0, 0.05) is 0 Å². The Bertz CT molecular complexity index is 363. The summed E-state index contributed by atoms with van der Waals surface area (Å²) in [5.41, 5.74) is 6.40. The number of rotatable bonds is 3. The summed E-state index contributed by atoms with van der Waals surface area (Å²) in [5.74, 6) is 0.0988. The van der Waals surface area contributed by atoms with E-state index in [0.717, 1.165) is 12.0 Å². The number of aryl methyl sites for hydroxylation is 1. The standard InChI is InChI=1S/C10H12ClNO2/c1-3-6-4-8(11)7(10(12)13)5-9(6)14-2/h4-5H,3H2,1-2H3,(H2,12,13). The summed E-state index contributed by atoms with van der Waals surface area (Å²) in [6.07, 6.45) is 0.794. The highest BCUT2D eigenvalue weighted by Crippen LogP contribution is 2.27. The summed E-state index contributed by atoms with van der Waals surface area (Å²) in [5, 5.41) is 0.371. The highest BCUT2D eigenvalue weighted by atomic mass is 35.5. The van der Waals surface area contributed by atoms with Gasteiger partial charge in [0.1, 0.15) is 5.75 Å². The van der Waals surface area contributed by atoms with Gasteiger partial charge < -0.3 is 10.5 Å². The Morgan fingerprint density at radius 3 is 2.64 bits per heavy atom. The van der Waals surface area contributed by atoms with Gasteiger partial charge in [-0.3, -0.25) is 4.79 Å². The Labute approximate surface area is 87.8 Å². The van der Waals surface area contributed by atoms with Crippen LogP contribution in [0.4, 0.5) is 0 Å². The van der Waals surface area contributed by atoms with E-state index in [4.69, 9.17) is 22.1 Å². The van der Waals surface area contributed by atoms with Gasteiger partial charge in [0.15, 0.2) is 0 Å². The smallest absolute Gasteiger partial charge is 0.250 e. The van der Waals surface area contributed by atoms with Crippen molar-refractivity contribution in [1.29, 1.82) is 0 Å². The average molecular weight is 214 g/mol. The van der Waals surface area contributed by atoms with Crippen molar-refractivity contribution in [3.8, 4) is 5.75 Å². The van der Waals surface area contributed by atoms with E-state index in [9.17, 15) is 4.79 Å². The van der Waals surface area contributed by atoms with Crippen LogP contribution in [0, 0.1) is 0 Å². The zero-order valence-corrected chi connectivity index (χ0v) is 8.89. The molecule has 0 saturated heterocycles. The van der Waals surface area contributed by atoms with Crippen LogP contribution in [0.3, 0.4) is 0 Å². The van der Waals surface area contributed by atoms with Gasteiger partial charge in [-0.1, -0.05) is 18.5 Å². The molecule has 4 heteroatoms. The number of halogens is 1. The molecule has 76 valence electrons. The van der Waals surface area contributed by atoms with Gasteiger partial charge in [0.25, 0.3) is 0 Å². The van der Waals surface area contributed by atoms with Gasteiger partial charge in [0.05, 0.1) is 17.7 Å². The average Bonchev–Trinajstić information content (AvgIpc) is 2.16. The number of methoxy groups -OCH3 is 1. The summed E-state index contributed by atoms with van der Waals surface area (Å²) in [4.78, 5) is 11.0. The molecule has 1 rings (SSSR count). The molecule has 1 aromatic rings. The third kappa shape index (κ3) is 1.99. The predicted molar refractivity (Wildman–Crippen MR) is 55.9 cm³/mol. The van der Waals surface area contributed by atoms with E-state index >= 15 is 0 Å². The van der Waals surface area contributed by atoms with Crippen LogP contribution >= 0.6 is 11.6 Å². The zero-order chi connectivity index (χ0) is 10.7. The first-order chi connectivity index (χ1) is 6.60. The number of hydrogen-bond donors (Lipinski definition) is 1. The topological polar surface area (TPSA) is 52.3 Å². The molecular formula is C10H12ClNO2. The second-order valence-electron chi connectivity index (χ2n) is 2.86. The maximum absolute atomic E-state index is 11.0. The number of hydrogen-bond acceptors (Lipinski definition) is 2. The van der Waals surface area contributed by atoms with Crippen LogP contribution in [0.2, 0.25) is 5.02 Å². The maximum Gasteiger partial charge on any atom is 0.250 e. The van der Waals surface area contributed by atoms with Gasteiger partial charge >= 0.3 is 0 Å². The van der Waals surface area contributed by atoms with Crippen LogP contribution in [0.15, 0.2) is 12.1 Å². The second-order valence-corrected chi connectivity index (χ2v) is 3.27. The van der Waals surface area contributed by atoms with Gasteiger partial charge in [0.2, 0.25) is 5.91 Å². The van der Waals surface area contributed by atoms with Crippen molar-refractivity contribution in [1.82, 2.24) is 0 Å². The third-order valence-corrected chi connectivity index (χ3v) is 2.33. The number of primary amides is 1. The number of carbonyl (C=O) groups excluding carboxylic acids is 1. The van der Waals surface area contributed by atoms with Crippen molar-refractivity contribution < 1.29 is 9.53 Å². The number of ether oxygens (including phenoxy) is 1. The number of benzene rings is 1. The molecule has 0 fully saturated rings. The maximum atomic E-state index is 11.0. The van der Waals surface area contributed by atoms with Crippen LogP contribution in [0.5, 0.6) is 5.75 Å². The van der Waals surface area contributed by atoms with E-state index in [-0.39, 0.29) is 0 Å². The van der Waals surface area contributed by atoms with Gasteiger partial charge in [-0.2, -0.15) is 0 Å². The molecule has 0 aliphatic heterocycles. The highest BCUT2D eigenvalue weighted by molar-refractivity contribution is 6.33. The lowest BCUT2D eigenvalue weighted by Crippen LogP contribution is -2.12. The van der Waals surface area contributed by atoms with Crippen LogP contribution in [0.25, 0.3) is 0 Å². The van der Waals surface area contributed by atoms with E-state index in [0.29, 0.717) is 16.3 Å². The van der Waals surface area contributed by atoms with Crippen molar-refractivity contribution in [2.24, 2.45) is 5.73 Å². The van der Waals surface area contributed by atoms with E-state index in [1.165, 1.54) is 0 Å². The van der Waals surface area contributed by atoms with Crippen molar-refractivity contribution in [2.45, 2.75) is 13.3 Å². The number of amides is 1. The lowest BCUT2D eigenvalue weighted by atomic mass is 10.1. The minimum absolute atomic E-state index is 0.292. The van der Waals surface area contributed by atoms with Crippen molar-refractivity contribution in [3.63, 3.8) is 0 Å². The summed E-state index contributed by atoms with van der Waals surface area (Å²) >= 11 is 5.88. The molecule has 0 heterocycles. The van der Waals surface area contributed by atoms with Crippen molar-refractivity contribution in [2.75, 3.05) is 7.11 Å². The molecule has 0 aliphatic rings. The molecule has 0 radical (unpaired) electrons. The highest BCUT2D eigenvalue weighted by Gasteiger charge is 2.11. The molecule has 2 N–H and O–H groups in total.